The van der Waals surface area contributed by atoms with Gasteiger partial charge in [-0.1, -0.05) is 26.0 Å². The Bertz CT molecular complexity index is 623. The Kier molecular flexibility index (Phi) is 4.33. The van der Waals surface area contributed by atoms with Gasteiger partial charge in [0.2, 0.25) is 0 Å². The standard InChI is InChI=1S/C14H14BrN3S/c1-9(2)19-11-6-4-10(5-7-11)14-13(15)12(8-16)17-18(14)3/h4-7,9H,1-3H3. The van der Waals surface area contributed by atoms with Gasteiger partial charge in [-0.3, -0.25) is 4.68 Å². The average Bonchev–Trinajstić information content (AvgIpc) is 2.65. The van der Waals surface area contributed by atoms with Gasteiger partial charge in [-0.05, 0) is 28.1 Å². The number of aryl methyl sites for hydroxylation is 1. The molecule has 2 rings (SSSR count). The molecule has 1 aromatic heterocycles. The molecule has 0 radical (unpaired) electrons. The SMILES string of the molecule is CC(C)Sc1ccc(-c2c(Br)c(C#N)nn2C)cc1. The highest BCUT2D eigenvalue weighted by Gasteiger charge is 2.15. The number of rotatable bonds is 3. The summed E-state index contributed by atoms with van der Waals surface area (Å²) in [6.07, 6.45) is 0. The third-order valence-electron chi connectivity index (χ3n) is 2.59. The lowest BCUT2D eigenvalue weighted by Gasteiger charge is -2.07. The maximum absolute atomic E-state index is 8.99. The van der Waals surface area contributed by atoms with Crippen LogP contribution in [0.2, 0.25) is 0 Å². The normalized spacial score (nSPS) is 10.7. The van der Waals surface area contributed by atoms with Crippen molar-refractivity contribution >= 4 is 27.7 Å². The molecule has 0 saturated carbocycles. The molecule has 0 spiro atoms. The van der Waals surface area contributed by atoms with E-state index in [-0.39, 0.29) is 0 Å². The monoisotopic (exact) mass is 335 g/mol. The highest BCUT2D eigenvalue weighted by Crippen LogP contribution is 2.32. The zero-order chi connectivity index (χ0) is 14.0. The Morgan fingerprint density at radius 2 is 1.95 bits per heavy atom. The van der Waals surface area contributed by atoms with Gasteiger partial charge in [0.15, 0.2) is 5.69 Å². The molecular formula is C14H14BrN3S. The van der Waals surface area contributed by atoms with Crippen LogP contribution in [0.1, 0.15) is 19.5 Å². The number of nitrogens with zero attached hydrogens (tertiary/aromatic N) is 3. The lowest BCUT2D eigenvalue weighted by atomic mass is 10.1. The van der Waals surface area contributed by atoms with Gasteiger partial charge in [0.25, 0.3) is 0 Å². The van der Waals surface area contributed by atoms with E-state index in [9.17, 15) is 0 Å². The second-order valence-corrected chi connectivity index (χ2v) is 6.88. The quantitative estimate of drug-likeness (QED) is 0.788. The molecule has 0 amide bonds. The van der Waals surface area contributed by atoms with Crippen LogP contribution in [0.15, 0.2) is 33.6 Å². The average molecular weight is 336 g/mol. The number of benzene rings is 1. The number of thioether (sulfide) groups is 1. The van der Waals surface area contributed by atoms with Crippen LogP contribution < -0.4 is 0 Å². The molecule has 19 heavy (non-hydrogen) atoms. The predicted molar refractivity (Wildman–Crippen MR) is 82.1 cm³/mol. The molecule has 0 aliphatic heterocycles. The summed E-state index contributed by atoms with van der Waals surface area (Å²) in [5.41, 5.74) is 2.40. The molecule has 3 nitrogen and oxygen atoms in total. The van der Waals surface area contributed by atoms with Crippen molar-refractivity contribution in [3.8, 4) is 17.3 Å². The molecule has 1 heterocycles. The fraction of sp³-hybridized carbons (Fsp3) is 0.286. The van der Waals surface area contributed by atoms with Gasteiger partial charge >= 0.3 is 0 Å². The summed E-state index contributed by atoms with van der Waals surface area (Å²) in [6, 6.07) is 10.4. The fourth-order valence-electron chi connectivity index (χ4n) is 1.85. The number of halogens is 1. The molecule has 1 aromatic carbocycles. The van der Waals surface area contributed by atoms with Gasteiger partial charge < -0.3 is 0 Å². The van der Waals surface area contributed by atoms with Crippen molar-refractivity contribution in [1.29, 1.82) is 5.26 Å². The molecule has 2 aromatic rings. The van der Waals surface area contributed by atoms with Gasteiger partial charge in [0.1, 0.15) is 6.07 Å². The van der Waals surface area contributed by atoms with E-state index in [0.29, 0.717) is 10.9 Å². The summed E-state index contributed by atoms with van der Waals surface area (Å²) < 4.78 is 2.48. The van der Waals surface area contributed by atoms with Gasteiger partial charge in [-0.2, -0.15) is 10.4 Å². The highest BCUT2D eigenvalue weighted by atomic mass is 79.9. The summed E-state index contributed by atoms with van der Waals surface area (Å²) >= 11 is 5.28. The van der Waals surface area contributed by atoms with Crippen LogP contribution >= 0.6 is 27.7 Å². The Balaban J connectivity index is 2.38. The van der Waals surface area contributed by atoms with Crippen molar-refractivity contribution in [3.63, 3.8) is 0 Å². The second-order valence-electron chi connectivity index (χ2n) is 4.44. The van der Waals surface area contributed by atoms with E-state index >= 15 is 0 Å². The molecule has 98 valence electrons. The Morgan fingerprint density at radius 3 is 2.42 bits per heavy atom. The third kappa shape index (κ3) is 3.02. The molecule has 5 heteroatoms. The van der Waals surface area contributed by atoms with Gasteiger partial charge in [-0.25, -0.2) is 0 Å². The fourth-order valence-corrected chi connectivity index (χ4v) is 3.34. The van der Waals surface area contributed by atoms with Crippen molar-refractivity contribution in [2.24, 2.45) is 7.05 Å². The lowest BCUT2D eigenvalue weighted by molar-refractivity contribution is 0.771. The van der Waals surface area contributed by atoms with Gasteiger partial charge in [0, 0.05) is 22.8 Å². The van der Waals surface area contributed by atoms with E-state index in [1.807, 2.05) is 18.8 Å². The Morgan fingerprint density at radius 1 is 1.32 bits per heavy atom. The minimum atomic E-state index is 0.415. The summed E-state index contributed by atoms with van der Waals surface area (Å²) in [4.78, 5) is 1.25. The van der Waals surface area contributed by atoms with Crippen LogP contribution in [0.5, 0.6) is 0 Å². The summed E-state index contributed by atoms with van der Waals surface area (Å²) in [7, 11) is 1.84. The molecule has 0 fully saturated rings. The summed E-state index contributed by atoms with van der Waals surface area (Å²) in [6.45, 7) is 4.35. The van der Waals surface area contributed by atoms with E-state index in [0.717, 1.165) is 15.7 Å². The minimum Gasteiger partial charge on any atom is -0.265 e. The summed E-state index contributed by atoms with van der Waals surface area (Å²) in [5.74, 6) is 0. The summed E-state index contributed by atoms with van der Waals surface area (Å²) in [5, 5.41) is 13.7. The zero-order valence-corrected chi connectivity index (χ0v) is 13.4. The maximum Gasteiger partial charge on any atom is 0.177 e. The molecule has 0 N–H and O–H groups in total. The molecule has 0 atom stereocenters. The lowest BCUT2D eigenvalue weighted by Crippen LogP contribution is -1.94. The predicted octanol–water partition coefficient (Wildman–Crippen LogP) is 4.22. The van der Waals surface area contributed by atoms with Crippen LogP contribution in [-0.4, -0.2) is 15.0 Å². The van der Waals surface area contributed by atoms with Crippen molar-refractivity contribution < 1.29 is 0 Å². The van der Waals surface area contributed by atoms with Crippen molar-refractivity contribution in [2.75, 3.05) is 0 Å². The van der Waals surface area contributed by atoms with Crippen molar-refractivity contribution in [1.82, 2.24) is 9.78 Å². The topological polar surface area (TPSA) is 41.6 Å². The van der Waals surface area contributed by atoms with E-state index in [4.69, 9.17) is 5.26 Å². The first-order valence-electron chi connectivity index (χ1n) is 5.92. The number of hydrogen-bond donors (Lipinski definition) is 0. The molecular weight excluding hydrogens is 322 g/mol. The smallest absolute Gasteiger partial charge is 0.177 e. The molecule has 0 aliphatic rings. The highest BCUT2D eigenvalue weighted by molar-refractivity contribution is 9.10. The van der Waals surface area contributed by atoms with Crippen molar-refractivity contribution in [2.45, 2.75) is 24.0 Å². The van der Waals surface area contributed by atoms with Crippen molar-refractivity contribution in [3.05, 3.63) is 34.4 Å². The van der Waals surface area contributed by atoms with E-state index in [1.165, 1.54) is 4.90 Å². The van der Waals surface area contributed by atoms with E-state index in [1.54, 1.807) is 4.68 Å². The van der Waals surface area contributed by atoms with Crippen LogP contribution in [-0.2, 0) is 7.05 Å². The van der Waals surface area contributed by atoms with Crippen LogP contribution in [0.4, 0.5) is 0 Å². The van der Waals surface area contributed by atoms with Crippen LogP contribution in [0, 0.1) is 11.3 Å². The van der Waals surface area contributed by atoms with Crippen LogP contribution in [0.3, 0.4) is 0 Å². The first kappa shape index (κ1) is 14.2. The van der Waals surface area contributed by atoms with Crippen LogP contribution in [0.25, 0.3) is 11.3 Å². The molecule has 0 bridgehead atoms. The molecule has 0 unspecified atom stereocenters. The first-order chi connectivity index (χ1) is 9.02. The van der Waals surface area contributed by atoms with Gasteiger partial charge in [0.05, 0.1) is 10.2 Å². The largest absolute Gasteiger partial charge is 0.265 e. The minimum absolute atomic E-state index is 0.415. The third-order valence-corrected chi connectivity index (χ3v) is 4.36. The van der Waals surface area contributed by atoms with E-state index in [2.05, 4.69) is 65.2 Å². The second kappa shape index (κ2) is 5.81. The zero-order valence-electron chi connectivity index (χ0n) is 11.0. The molecule has 0 aliphatic carbocycles. The Labute approximate surface area is 125 Å². The Hall–Kier alpha value is -1.25. The number of aromatic nitrogens is 2. The van der Waals surface area contributed by atoms with E-state index < -0.39 is 0 Å². The first-order valence-corrected chi connectivity index (χ1v) is 7.60. The maximum atomic E-state index is 8.99. The molecule has 0 saturated heterocycles. The number of hydrogen-bond acceptors (Lipinski definition) is 3. The van der Waals surface area contributed by atoms with Gasteiger partial charge in [-0.15, -0.1) is 11.8 Å². The number of nitriles is 1.